The molecule has 0 radical (unpaired) electrons. The van der Waals surface area contributed by atoms with Crippen molar-refractivity contribution in [1.82, 2.24) is 4.98 Å². The number of hydrogen-bond acceptors (Lipinski definition) is 1. The van der Waals surface area contributed by atoms with E-state index in [2.05, 4.69) is 31.8 Å². The predicted octanol–water partition coefficient (Wildman–Crippen LogP) is 4.30. The number of fused-ring (bicyclic) bond motifs is 1. The second kappa shape index (κ2) is 4.13. The normalized spacial score (nSPS) is 20.5. The Morgan fingerprint density at radius 1 is 1.47 bits per heavy atom. The highest BCUT2D eigenvalue weighted by Crippen LogP contribution is 2.34. The minimum absolute atomic E-state index is 0.465. The zero-order valence-corrected chi connectivity index (χ0v) is 10.4. The van der Waals surface area contributed by atoms with Crippen LogP contribution in [0.5, 0.6) is 0 Å². The van der Waals surface area contributed by atoms with E-state index in [4.69, 9.17) is 11.6 Å². The molecule has 0 N–H and O–H groups in total. The molecule has 0 amide bonds. The van der Waals surface area contributed by atoms with E-state index < -0.39 is 0 Å². The Labute approximate surface area is 96.9 Å². The Kier molecular flexibility index (Phi) is 3.01. The molecule has 0 bridgehead atoms. The summed E-state index contributed by atoms with van der Waals surface area (Å²) in [4.78, 5) is 4.58. The Morgan fingerprint density at radius 2 is 2.20 bits per heavy atom. The molecular formula is C13H18ClN. The molecule has 0 saturated heterocycles. The van der Waals surface area contributed by atoms with Crippen LogP contribution in [0.1, 0.15) is 62.3 Å². The van der Waals surface area contributed by atoms with Crippen LogP contribution in [0.2, 0.25) is 5.15 Å². The predicted molar refractivity (Wildman–Crippen MR) is 64.7 cm³/mol. The number of rotatable bonds is 1. The van der Waals surface area contributed by atoms with Crippen molar-refractivity contribution >= 4 is 11.6 Å². The summed E-state index contributed by atoms with van der Waals surface area (Å²) >= 11 is 6.21. The van der Waals surface area contributed by atoms with Crippen molar-refractivity contribution < 1.29 is 0 Å². The molecular weight excluding hydrogens is 206 g/mol. The van der Waals surface area contributed by atoms with Crippen molar-refractivity contribution in [2.75, 3.05) is 0 Å². The van der Waals surface area contributed by atoms with Gasteiger partial charge in [-0.3, -0.25) is 0 Å². The molecule has 15 heavy (non-hydrogen) atoms. The van der Waals surface area contributed by atoms with E-state index in [1.807, 2.05) is 0 Å². The average molecular weight is 224 g/mol. The molecule has 1 aromatic heterocycles. The zero-order chi connectivity index (χ0) is 11.0. The fraction of sp³-hybridized carbons (Fsp3) is 0.615. The Hall–Kier alpha value is -0.560. The molecule has 2 rings (SSSR count). The van der Waals surface area contributed by atoms with Gasteiger partial charge in [0.2, 0.25) is 0 Å². The Bertz CT molecular complexity index is 371. The van der Waals surface area contributed by atoms with Crippen LogP contribution in [0.4, 0.5) is 0 Å². The third-order valence-corrected chi connectivity index (χ3v) is 3.59. The highest BCUT2D eigenvalue weighted by Gasteiger charge is 2.20. The van der Waals surface area contributed by atoms with Crippen LogP contribution in [-0.2, 0) is 6.42 Å². The third-order valence-electron chi connectivity index (χ3n) is 3.29. The summed E-state index contributed by atoms with van der Waals surface area (Å²) in [6.45, 7) is 6.58. The number of aromatic nitrogens is 1. The quantitative estimate of drug-likeness (QED) is 0.647. The zero-order valence-electron chi connectivity index (χ0n) is 9.68. The molecule has 0 fully saturated rings. The Morgan fingerprint density at radius 3 is 2.87 bits per heavy atom. The fourth-order valence-electron chi connectivity index (χ4n) is 2.33. The van der Waals surface area contributed by atoms with Crippen LogP contribution in [0.15, 0.2) is 6.07 Å². The molecule has 0 spiro atoms. The van der Waals surface area contributed by atoms with Crippen LogP contribution in [0.25, 0.3) is 0 Å². The maximum absolute atomic E-state index is 6.21. The van der Waals surface area contributed by atoms with Crippen LogP contribution >= 0.6 is 11.6 Å². The maximum Gasteiger partial charge on any atom is 0.132 e. The van der Waals surface area contributed by atoms with Gasteiger partial charge < -0.3 is 0 Å². The standard InChI is InChI=1S/C13H18ClN/c1-8(2)11-7-10-6-4-5-9(3)12(10)15-13(11)14/h7-9H,4-6H2,1-3H3. The fourth-order valence-corrected chi connectivity index (χ4v) is 2.69. The van der Waals surface area contributed by atoms with Gasteiger partial charge in [0.15, 0.2) is 0 Å². The van der Waals surface area contributed by atoms with Gasteiger partial charge in [0.05, 0.1) is 0 Å². The first-order valence-electron chi connectivity index (χ1n) is 5.78. The molecule has 1 aliphatic carbocycles. The van der Waals surface area contributed by atoms with E-state index in [-0.39, 0.29) is 0 Å². The van der Waals surface area contributed by atoms with Gasteiger partial charge in [-0.25, -0.2) is 4.98 Å². The lowest BCUT2D eigenvalue weighted by molar-refractivity contribution is 0.571. The molecule has 0 saturated carbocycles. The number of aryl methyl sites for hydroxylation is 1. The van der Waals surface area contributed by atoms with Crippen LogP contribution < -0.4 is 0 Å². The van der Waals surface area contributed by atoms with Crippen LogP contribution in [0.3, 0.4) is 0 Å². The lowest BCUT2D eigenvalue weighted by Gasteiger charge is -2.23. The molecule has 0 aromatic carbocycles. The van der Waals surface area contributed by atoms with Gasteiger partial charge in [0.25, 0.3) is 0 Å². The van der Waals surface area contributed by atoms with Crippen molar-refractivity contribution in [3.8, 4) is 0 Å². The summed E-state index contributed by atoms with van der Waals surface area (Å²) in [5.74, 6) is 1.04. The largest absolute Gasteiger partial charge is 0.240 e. The molecule has 1 unspecified atom stereocenters. The van der Waals surface area contributed by atoms with Crippen molar-refractivity contribution in [2.45, 2.75) is 51.9 Å². The van der Waals surface area contributed by atoms with Gasteiger partial charge in [-0.05, 0) is 42.2 Å². The summed E-state index contributed by atoms with van der Waals surface area (Å²) < 4.78 is 0. The van der Waals surface area contributed by atoms with Crippen molar-refractivity contribution in [1.29, 1.82) is 0 Å². The van der Waals surface area contributed by atoms with Gasteiger partial charge in [0, 0.05) is 5.69 Å². The minimum Gasteiger partial charge on any atom is -0.240 e. The summed E-state index contributed by atoms with van der Waals surface area (Å²) in [5.41, 5.74) is 3.85. The number of halogens is 1. The van der Waals surface area contributed by atoms with Gasteiger partial charge in [-0.1, -0.05) is 38.4 Å². The van der Waals surface area contributed by atoms with Gasteiger partial charge >= 0.3 is 0 Å². The number of hydrogen-bond donors (Lipinski definition) is 0. The maximum atomic E-state index is 6.21. The van der Waals surface area contributed by atoms with Crippen molar-refractivity contribution in [2.24, 2.45) is 0 Å². The van der Waals surface area contributed by atoms with E-state index in [9.17, 15) is 0 Å². The number of nitrogens with zero attached hydrogens (tertiary/aromatic N) is 1. The molecule has 82 valence electrons. The van der Waals surface area contributed by atoms with Gasteiger partial charge in [-0.2, -0.15) is 0 Å². The monoisotopic (exact) mass is 223 g/mol. The first kappa shape index (κ1) is 10.9. The van der Waals surface area contributed by atoms with E-state index >= 15 is 0 Å². The van der Waals surface area contributed by atoms with E-state index in [0.717, 1.165) is 0 Å². The minimum atomic E-state index is 0.465. The van der Waals surface area contributed by atoms with Crippen molar-refractivity contribution in [3.05, 3.63) is 28.0 Å². The number of pyridine rings is 1. The lowest BCUT2D eigenvalue weighted by atomic mass is 9.86. The SMILES string of the molecule is CC(C)c1cc2c(nc1Cl)C(C)CCC2. The summed E-state index contributed by atoms with van der Waals surface area (Å²) in [7, 11) is 0. The molecule has 1 aliphatic rings. The Balaban J connectivity index is 2.49. The van der Waals surface area contributed by atoms with Gasteiger partial charge in [0.1, 0.15) is 5.15 Å². The molecule has 1 atom stereocenters. The van der Waals surface area contributed by atoms with Crippen molar-refractivity contribution in [3.63, 3.8) is 0 Å². The van der Waals surface area contributed by atoms with Crippen LogP contribution in [0, 0.1) is 0 Å². The highest BCUT2D eigenvalue weighted by molar-refractivity contribution is 6.30. The second-order valence-corrected chi connectivity index (χ2v) is 5.22. The smallest absolute Gasteiger partial charge is 0.132 e. The van der Waals surface area contributed by atoms with E-state index in [1.165, 1.54) is 36.1 Å². The molecule has 2 heteroatoms. The van der Waals surface area contributed by atoms with E-state index in [1.54, 1.807) is 0 Å². The topological polar surface area (TPSA) is 12.9 Å². The molecule has 1 aromatic rings. The lowest BCUT2D eigenvalue weighted by Crippen LogP contribution is -2.11. The van der Waals surface area contributed by atoms with E-state index in [0.29, 0.717) is 17.0 Å². The second-order valence-electron chi connectivity index (χ2n) is 4.86. The molecule has 1 heterocycles. The highest BCUT2D eigenvalue weighted by atomic mass is 35.5. The first-order chi connectivity index (χ1) is 7.09. The summed E-state index contributed by atoms with van der Waals surface area (Å²) in [6, 6.07) is 2.27. The molecule has 0 aliphatic heterocycles. The first-order valence-corrected chi connectivity index (χ1v) is 6.16. The molecule has 1 nitrogen and oxygen atoms in total. The van der Waals surface area contributed by atoms with Crippen LogP contribution in [-0.4, -0.2) is 4.98 Å². The summed E-state index contributed by atoms with van der Waals surface area (Å²) in [6.07, 6.45) is 3.70. The summed E-state index contributed by atoms with van der Waals surface area (Å²) in [5, 5.41) is 0.706. The third kappa shape index (κ3) is 2.03. The van der Waals surface area contributed by atoms with Gasteiger partial charge in [-0.15, -0.1) is 0 Å². The average Bonchev–Trinajstić information content (AvgIpc) is 2.18.